The zero-order chi connectivity index (χ0) is 28.1. The molecule has 2 heteroatoms. The molecule has 0 aliphatic heterocycles. The van der Waals surface area contributed by atoms with E-state index in [4.69, 9.17) is 0 Å². The highest BCUT2D eigenvalue weighted by Gasteiger charge is 2.19. The maximum atomic E-state index is 2.36. The van der Waals surface area contributed by atoms with Crippen LogP contribution < -0.4 is 9.80 Å². The highest BCUT2D eigenvalue weighted by Crippen LogP contribution is 2.43. The molecule has 42 heavy (non-hydrogen) atoms. The Bertz CT molecular complexity index is 1820. The van der Waals surface area contributed by atoms with Crippen molar-refractivity contribution in [3.05, 3.63) is 182 Å². The summed E-state index contributed by atoms with van der Waals surface area (Å²) in [5.74, 6) is 0. The highest BCUT2D eigenvalue weighted by molar-refractivity contribution is 5.98. The highest BCUT2D eigenvalue weighted by atomic mass is 15.1. The summed E-state index contributed by atoms with van der Waals surface area (Å²) in [4.78, 5) is 4.65. The third-order valence-electron chi connectivity index (χ3n) is 7.60. The molecule has 7 aromatic rings. The van der Waals surface area contributed by atoms with Gasteiger partial charge < -0.3 is 9.80 Å². The maximum absolute atomic E-state index is 2.36. The van der Waals surface area contributed by atoms with Crippen LogP contribution in [0.3, 0.4) is 0 Å². The Morgan fingerprint density at radius 3 is 1.10 bits per heavy atom. The van der Waals surface area contributed by atoms with Crippen LogP contribution in [-0.4, -0.2) is 0 Å². The third kappa shape index (κ3) is 5.02. The number of para-hydroxylation sites is 4. The van der Waals surface area contributed by atoms with Crippen LogP contribution in [0.2, 0.25) is 0 Å². The van der Waals surface area contributed by atoms with Gasteiger partial charge in [-0.2, -0.15) is 0 Å². The van der Waals surface area contributed by atoms with E-state index >= 15 is 0 Å². The van der Waals surface area contributed by atoms with Crippen molar-refractivity contribution in [1.82, 2.24) is 0 Å². The largest absolute Gasteiger partial charge is 0.311 e. The van der Waals surface area contributed by atoms with Crippen molar-refractivity contribution in [2.45, 2.75) is 0 Å². The molecule has 0 aromatic heterocycles. The number of benzene rings is 7. The SMILES string of the molecule is c1ccc(N(c2ccccc2)c2ccc(-c3cc4ccccc4cc3N(c3ccccc3)c3ccccc3)cc2)cc1. The van der Waals surface area contributed by atoms with Gasteiger partial charge in [-0.15, -0.1) is 0 Å². The topological polar surface area (TPSA) is 6.48 Å². The maximum Gasteiger partial charge on any atom is 0.0546 e. The van der Waals surface area contributed by atoms with Crippen molar-refractivity contribution in [2.24, 2.45) is 0 Å². The average molecular weight is 539 g/mol. The Kier molecular flexibility index (Phi) is 6.94. The van der Waals surface area contributed by atoms with Crippen LogP contribution in [0.15, 0.2) is 182 Å². The minimum atomic E-state index is 1.11. The Balaban J connectivity index is 1.39. The van der Waals surface area contributed by atoms with E-state index in [-0.39, 0.29) is 0 Å². The Labute approximate surface area is 247 Å². The molecule has 0 saturated heterocycles. The quantitative estimate of drug-likeness (QED) is 0.199. The molecule has 0 fully saturated rings. The van der Waals surface area contributed by atoms with Crippen LogP contribution in [0.4, 0.5) is 34.1 Å². The lowest BCUT2D eigenvalue weighted by Crippen LogP contribution is -2.11. The van der Waals surface area contributed by atoms with Crippen LogP contribution in [0.1, 0.15) is 0 Å². The van der Waals surface area contributed by atoms with Crippen molar-refractivity contribution >= 4 is 44.9 Å². The molecule has 0 N–H and O–H groups in total. The lowest BCUT2D eigenvalue weighted by molar-refractivity contribution is 1.28. The van der Waals surface area contributed by atoms with Gasteiger partial charge in [0.25, 0.3) is 0 Å². The van der Waals surface area contributed by atoms with Gasteiger partial charge in [-0.3, -0.25) is 0 Å². The lowest BCUT2D eigenvalue weighted by Gasteiger charge is -2.29. The number of fused-ring (bicyclic) bond motifs is 1. The van der Waals surface area contributed by atoms with Gasteiger partial charge in [0.1, 0.15) is 0 Å². The fourth-order valence-electron chi connectivity index (χ4n) is 5.62. The van der Waals surface area contributed by atoms with Gasteiger partial charge in [-0.1, -0.05) is 109 Å². The summed E-state index contributed by atoms with van der Waals surface area (Å²) >= 11 is 0. The summed E-state index contributed by atoms with van der Waals surface area (Å²) in [7, 11) is 0. The first-order valence-corrected chi connectivity index (χ1v) is 14.3. The number of nitrogens with zero attached hydrogens (tertiary/aromatic N) is 2. The molecule has 200 valence electrons. The first-order chi connectivity index (χ1) is 20.8. The summed E-state index contributed by atoms with van der Waals surface area (Å²) in [6.07, 6.45) is 0. The Hall–Kier alpha value is -5.60. The van der Waals surface area contributed by atoms with Crippen LogP contribution in [0.25, 0.3) is 21.9 Å². The van der Waals surface area contributed by atoms with Crippen molar-refractivity contribution in [1.29, 1.82) is 0 Å². The average Bonchev–Trinajstić information content (AvgIpc) is 3.07. The zero-order valence-corrected chi connectivity index (χ0v) is 23.2. The zero-order valence-electron chi connectivity index (χ0n) is 23.2. The van der Waals surface area contributed by atoms with Crippen molar-refractivity contribution in [3.8, 4) is 11.1 Å². The monoisotopic (exact) mass is 538 g/mol. The van der Waals surface area contributed by atoms with Crippen LogP contribution in [-0.2, 0) is 0 Å². The number of rotatable bonds is 7. The number of anilines is 6. The molecular formula is C40H30N2. The molecule has 0 heterocycles. The molecule has 7 rings (SSSR count). The lowest BCUT2D eigenvalue weighted by atomic mass is 9.97. The van der Waals surface area contributed by atoms with Crippen molar-refractivity contribution in [2.75, 3.05) is 9.80 Å². The van der Waals surface area contributed by atoms with E-state index in [9.17, 15) is 0 Å². The molecule has 0 atom stereocenters. The van der Waals surface area contributed by atoms with E-state index in [1.807, 2.05) is 0 Å². The first kappa shape index (κ1) is 25.4. The summed E-state index contributed by atoms with van der Waals surface area (Å²) in [5.41, 5.74) is 9.09. The van der Waals surface area contributed by atoms with Crippen LogP contribution >= 0.6 is 0 Å². The van der Waals surface area contributed by atoms with E-state index in [2.05, 4.69) is 192 Å². The van der Waals surface area contributed by atoms with E-state index in [0.29, 0.717) is 0 Å². The van der Waals surface area contributed by atoms with Crippen LogP contribution in [0, 0.1) is 0 Å². The third-order valence-corrected chi connectivity index (χ3v) is 7.60. The molecule has 7 aromatic carbocycles. The molecule has 0 aliphatic carbocycles. The van der Waals surface area contributed by atoms with Gasteiger partial charge >= 0.3 is 0 Å². The van der Waals surface area contributed by atoms with Gasteiger partial charge in [0.15, 0.2) is 0 Å². The van der Waals surface area contributed by atoms with Gasteiger partial charge in [0.2, 0.25) is 0 Å². The Morgan fingerprint density at radius 1 is 0.286 bits per heavy atom. The summed E-state index contributed by atoms with van der Waals surface area (Å²) in [5, 5.41) is 2.43. The van der Waals surface area contributed by atoms with E-state index < -0.39 is 0 Å². The normalized spacial score (nSPS) is 10.9. The van der Waals surface area contributed by atoms with Crippen molar-refractivity contribution in [3.63, 3.8) is 0 Å². The minimum Gasteiger partial charge on any atom is -0.311 e. The second-order valence-corrected chi connectivity index (χ2v) is 10.3. The van der Waals surface area contributed by atoms with Gasteiger partial charge in [0, 0.05) is 34.0 Å². The molecular weight excluding hydrogens is 508 g/mol. The molecule has 0 bridgehead atoms. The standard InChI is InChI=1S/C40H30N2/c1-5-17-34(18-6-1)41(35-19-7-2-8-20-35)38-27-25-31(26-28-38)39-29-32-15-13-14-16-33(32)30-40(39)42(36-21-9-3-10-22-36)37-23-11-4-12-24-37/h1-30H. The Morgan fingerprint density at radius 2 is 0.643 bits per heavy atom. The minimum absolute atomic E-state index is 1.11. The van der Waals surface area contributed by atoms with Gasteiger partial charge in [-0.25, -0.2) is 0 Å². The summed E-state index contributed by atoms with van der Waals surface area (Å²) < 4.78 is 0. The molecule has 2 nitrogen and oxygen atoms in total. The molecule has 0 radical (unpaired) electrons. The fourth-order valence-corrected chi connectivity index (χ4v) is 5.62. The fraction of sp³-hybridized carbons (Fsp3) is 0. The van der Waals surface area contributed by atoms with Gasteiger partial charge in [-0.05, 0) is 89.1 Å². The molecule has 0 unspecified atom stereocenters. The van der Waals surface area contributed by atoms with E-state index in [1.54, 1.807) is 0 Å². The molecule has 0 spiro atoms. The molecule has 0 saturated carbocycles. The van der Waals surface area contributed by atoms with Gasteiger partial charge in [0.05, 0.1) is 5.69 Å². The predicted octanol–water partition coefficient (Wildman–Crippen LogP) is 11.4. The summed E-state index contributed by atoms with van der Waals surface area (Å²) in [6.45, 7) is 0. The predicted molar refractivity (Wildman–Crippen MR) is 179 cm³/mol. The second kappa shape index (κ2) is 11.5. The molecule has 0 amide bonds. The van der Waals surface area contributed by atoms with E-state index in [1.165, 1.54) is 16.3 Å². The number of hydrogen-bond acceptors (Lipinski definition) is 2. The smallest absolute Gasteiger partial charge is 0.0546 e. The second-order valence-electron chi connectivity index (χ2n) is 10.3. The molecule has 0 aliphatic rings. The summed E-state index contributed by atoms with van der Waals surface area (Å²) in [6, 6.07) is 64.5. The number of hydrogen-bond donors (Lipinski definition) is 0. The van der Waals surface area contributed by atoms with E-state index in [0.717, 1.165) is 39.7 Å². The van der Waals surface area contributed by atoms with Crippen molar-refractivity contribution < 1.29 is 0 Å². The first-order valence-electron chi connectivity index (χ1n) is 14.3. The van der Waals surface area contributed by atoms with Crippen LogP contribution in [0.5, 0.6) is 0 Å².